The van der Waals surface area contributed by atoms with Crippen molar-refractivity contribution in [2.45, 2.75) is 18.2 Å². The highest BCUT2D eigenvalue weighted by Gasteiger charge is 2.41. The maximum absolute atomic E-state index is 7.34. The molecule has 0 amide bonds. The molecule has 0 aliphatic heterocycles. The van der Waals surface area contributed by atoms with E-state index in [4.69, 9.17) is 23.2 Å². The van der Waals surface area contributed by atoms with Crippen LogP contribution in [-0.2, 0) is 4.33 Å². The number of anilines is 6. The van der Waals surface area contributed by atoms with Gasteiger partial charge in [-0.2, -0.15) is 0 Å². The van der Waals surface area contributed by atoms with Gasteiger partial charge >= 0.3 is 0 Å². The van der Waals surface area contributed by atoms with E-state index in [0.717, 1.165) is 56.4 Å². The molecule has 0 fully saturated rings. The molecule has 0 atom stereocenters. The Bertz CT molecular complexity index is 1760. The van der Waals surface area contributed by atoms with E-state index in [9.17, 15) is 0 Å². The molecule has 0 unspecified atom stereocenters. The number of halogens is 2. The van der Waals surface area contributed by atoms with Crippen molar-refractivity contribution in [3.05, 3.63) is 168 Å². The van der Waals surface area contributed by atoms with Crippen molar-refractivity contribution in [2.75, 3.05) is 9.80 Å². The van der Waals surface area contributed by atoms with E-state index < -0.39 is 4.33 Å². The van der Waals surface area contributed by atoms with Crippen LogP contribution in [0.25, 0.3) is 11.1 Å². The molecule has 0 heterocycles. The van der Waals surface area contributed by atoms with Gasteiger partial charge in [-0.3, -0.25) is 0 Å². The summed E-state index contributed by atoms with van der Waals surface area (Å²) in [6, 6.07) is 50.8. The van der Waals surface area contributed by atoms with E-state index in [2.05, 4.69) is 157 Å². The van der Waals surface area contributed by atoms with Gasteiger partial charge in [-0.05, 0) is 97.8 Å². The molecular weight excluding hydrogens is 567 g/mol. The van der Waals surface area contributed by atoms with Gasteiger partial charge in [0.1, 0.15) is 0 Å². The number of benzene rings is 6. The molecule has 6 aromatic rings. The molecule has 2 nitrogen and oxygen atoms in total. The maximum Gasteiger partial charge on any atom is 0.169 e. The van der Waals surface area contributed by atoms with E-state index in [0.29, 0.717) is 0 Å². The summed E-state index contributed by atoms with van der Waals surface area (Å²) in [5.41, 5.74) is 12.6. The van der Waals surface area contributed by atoms with Crippen LogP contribution in [0.15, 0.2) is 146 Å². The monoisotopic (exact) mass is 596 g/mol. The smallest absolute Gasteiger partial charge is 0.169 e. The van der Waals surface area contributed by atoms with Crippen molar-refractivity contribution in [3.8, 4) is 11.1 Å². The fraction of sp³-hybridized carbons (Fsp3) is 0.0769. The average Bonchev–Trinajstić information content (AvgIpc) is 3.26. The van der Waals surface area contributed by atoms with Gasteiger partial charge in [0.15, 0.2) is 4.33 Å². The molecule has 7 rings (SSSR count). The van der Waals surface area contributed by atoms with Crippen molar-refractivity contribution in [1.82, 2.24) is 0 Å². The van der Waals surface area contributed by atoms with Crippen LogP contribution in [0.5, 0.6) is 0 Å². The lowest BCUT2D eigenvalue weighted by molar-refractivity contribution is 1.08. The highest BCUT2D eigenvalue weighted by Crippen LogP contribution is 2.56. The summed E-state index contributed by atoms with van der Waals surface area (Å²) in [7, 11) is 0. The summed E-state index contributed by atoms with van der Waals surface area (Å²) in [6.07, 6.45) is 0. The lowest BCUT2D eigenvalue weighted by Gasteiger charge is -2.27. The Kier molecular flexibility index (Phi) is 6.97. The van der Waals surface area contributed by atoms with Gasteiger partial charge in [-0.15, -0.1) is 0 Å². The van der Waals surface area contributed by atoms with Crippen molar-refractivity contribution in [1.29, 1.82) is 0 Å². The lowest BCUT2D eigenvalue weighted by atomic mass is 10.0. The van der Waals surface area contributed by atoms with Crippen LogP contribution in [0.4, 0.5) is 34.1 Å². The zero-order valence-corrected chi connectivity index (χ0v) is 25.5. The van der Waals surface area contributed by atoms with E-state index in [-0.39, 0.29) is 0 Å². The number of alkyl halides is 2. The average molecular weight is 598 g/mol. The van der Waals surface area contributed by atoms with Crippen molar-refractivity contribution in [3.63, 3.8) is 0 Å². The third-order valence-corrected chi connectivity index (χ3v) is 8.92. The van der Waals surface area contributed by atoms with Gasteiger partial charge < -0.3 is 9.80 Å². The summed E-state index contributed by atoms with van der Waals surface area (Å²) in [5, 5.41) is 0. The molecule has 43 heavy (non-hydrogen) atoms. The summed E-state index contributed by atoms with van der Waals surface area (Å²) in [6.45, 7) is 4.20. The number of aryl methyl sites for hydroxylation is 2. The Morgan fingerprint density at radius 3 is 1.09 bits per heavy atom. The first-order valence-corrected chi connectivity index (χ1v) is 15.2. The van der Waals surface area contributed by atoms with E-state index in [1.165, 1.54) is 11.1 Å². The van der Waals surface area contributed by atoms with E-state index in [1.807, 2.05) is 12.1 Å². The van der Waals surface area contributed by atoms with Gasteiger partial charge in [-0.1, -0.05) is 107 Å². The molecule has 1 aliphatic rings. The maximum atomic E-state index is 7.34. The largest absolute Gasteiger partial charge is 0.310 e. The predicted octanol–water partition coefficient (Wildman–Crippen LogP) is 11.9. The fourth-order valence-corrected chi connectivity index (χ4v) is 6.54. The molecule has 0 aromatic heterocycles. The number of nitrogens with zero attached hydrogens (tertiary/aromatic N) is 2. The minimum Gasteiger partial charge on any atom is -0.310 e. The predicted molar refractivity (Wildman–Crippen MR) is 183 cm³/mol. The molecule has 0 N–H and O–H groups in total. The van der Waals surface area contributed by atoms with Crippen LogP contribution in [0.2, 0.25) is 0 Å². The van der Waals surface area contributed by atoms with Crippen LogP contribution in [0, 0.1) is 13.8 Å². The molecule has 0 spiro atoms. The molecular formula is C39H30Cl2N2. The molecule has 6 aromatic carbocycles. The molecule has 0 saturated carbocycles. The van der Waals surface area contributed by atoms with Crippen molar-refractivity contribution in [2.24, 2.45) is 0 Å². The molecule has 0 bridgehead atoms. The van der Waals surface area contributed by atoms with Gasteiger partial charge in [0, 0.05) is 45.3 Å². The Morgan fingerprint density at radius 2 is 0.721 bits per heavy atom. The van der Waals surface area contributed by atoms with Crippen molar-refractivity contribution < 1.29 is 0 Å². The number of fused-ring (bicyclic) bond motifs is 3. The second-order valence-electron chi connectivity index (χ2n) is 11.0. The quantitative estimate of drug-likeness (QED) is 0.176. The Hall–Kier alpha value is -4.50. The highest BCUT2D eigenvalue weighted by atomic mass is 35.5. The Balaban J connectivity index is 1.33. The second-order valence-corrected chi connectivity index (χ2v) is 12.4. The van der Waals surface area contributed by atoms with E-state index in [1.54, 1.807) is 0 Å². The van der Waals surface area contributed by atoms with Crippen LogP contribution >= 0.6 is 23.2 Å². The normalized spacial score (nSPS) is 12.8. The second kappa shape index (κ2) is 11.0. The number of para-hydroxylation sites is 2. The molecule has 210 valence electrons. The number of rotatable bonds is 6. The summed E-state index contributed by atoms with van der Waals surface area (Å²) in [4.78, 5) is 4.49. The minimum absolute atomic E-state index is 0.884. The summed E-state index contributed by atoms with van der Waals surface area (Å²) < 4.78 is -1.22. The zero-order chi connectivity index (χ0) is 29.6. The van der Waals surface area contributed by atoms with Crippen LogP contribution in [0.1, 0.15) is 22.3 Å². The topological polar surface area (TPSA) is 6.48 Å². The van der Waals surface area contributed by atoms with Gasteiger partial charge in [0.05, 0.1) is 0 Å². The summed E-state index contributed by atoms with van der Waals surface area (Å²) >= 11 is 14.7. The van der Waals surface area contributed by atoms with Gasteiger partial charge in [0.25, 0.3) is 0 Å². The standard InChI is InChI=1S/C39H30Cl2N2/c1-27-13-17-31(18-14-27)42(29-9-5-3-6-10-29)33-21-23-35-36-24-22-34(26-38(36)39(40,41)37(35)25-33)43(30-11-7-4-8-12-30)32-19-15-28(2)16-20-32/h3-26H,1-2H3. The molecule has 1 aliphatic carbocycles. The van der Waals surface area contributed by atoms with Crippen LogP contribution < -0.4 is 9.80 Å². The number of hydrogen-bond acceptors (Lipinski definition) is 2. The molecule has 0 saturated heterocycles. The van der Waals surface area contributed by atoms with Crippen LogP contribution in [0.3, 0.4) is 0 Å². The van der Waals surface area contributed by atoms with E-state index >= 15 is 0 Å². The number of hydrogen-bond donors (Lipinski definition) is 0. The molecule has 4 heteroatoms. The third kappa shape index (κ3) is 4.97. The minimum atomic E-state index is -1.22. The Labute approximate surface area is 263 Å². The van der Waals surface area contributed by atoms with Gasteiger partial charge in [-0.25, -0.2) is 0 Å². The highest BCUT2D eigenvalue weighted by molar-refractivity contribution is 6.51. The van der Waals surface area contributed by atoms with Gasteiger partial charge in [0.2, 0.25) is 0 Å². The first-order chi connectivity index (χ1) is 20.9. The fourth-order valence-electron chi connectivity index (χ4n) is 5.91. The first-order valence-electron chi connectivity index (χ1n) is 14.4. The summed E-state index contributed by atoms with van der Waals surface area (Å²) in [5.74, 6) is 0. The van der Waals surface area contributed by atoms with Crippen LogP contribution in [-0.4, -0.2) is 0 Å². The third-order valence-electron chi connectivity index (χ3n) is 8.10. The SMILES string of the molecule is Cc1ccc(N(c2ccccc2)c2ccc3c(c2)C(Cl)(Cl)c2cc(N(c4ccccc4)c4ccc(C)cc4)ccc2-3)cc1. The Morgan fingerprint density at radius 1 is 0.395 bits per heavy atom. The first kappa shape index (κ1) is 27.3. The molecule has 0 radical (unpaired) electrons. The zero-order valence-electron chi connectivity index (χ0n) is 24.0. The lowest BCUT2D eigenvalue weighted by Crippen LogP contribution is -2.14. The van der Waals surface area contributed by atoms with Crippen molar-refractivity contribution >= 4 is 57.3 Å².